The van der Waals surface area contributed by atoms with Crippen LogP contribution in [0.2, 0.25) is 15.9 Å². The number of hydrogen-bond acceptors (Lipinski definition) is 8. The molecule has 0 bridgehead atoms. The normalized spacial score (nSPS) is 9.50. The van der Waals surface area contributed by atoms with Crippen molar-refractivity contribution in [1.29, 1.82) is 0 Å². The highest BCUT2D eigenvalue weighted by Gasteiger charge is 1.99. The molecule has 20 heavy (non-hydrogen) atoms. The molecule has 0 aromatic carbocycles. The van der Waals surface area contributed by atoms with Gasteiger partial charge in [0.15, 0.2) is 0 Å². The molecular weight excluding hydrogens is 364 g/mol. The zero-order valence-corrected chi connectivity index (χ0v) is 14.5. The second kappa shape index (κ2) is 8.60. The number of aromatic nitrogens is 6. The largest absolute Gasteiger partial charge is 0.339 e. The summed E-state index contributed by atoms with van der Waals surface area (Å²) in [5.41, 5.74) is 0. The van der Waals surface area contributed by atoms with Crippen molar-refractivity contribution in [2.75, 3.05) is 10.2 Å². The molecule has 2 rings (SSSR count). The average Bonchev–Trinajstić information content (AvgIpc) is 2.37. The van der Waals surface area contributed by atoms with E-state index in [1.165, 1.54) is 0 Å². The first-order valence-corrected chi connectivity index (χ1v) is 7.12. The van der Waals surface area contributed by atoms with Crippen LogP contribution < -0.4 is 10.2 Å². The van der Waals surface area contributed by atoms with Crippen molar-refractivity contribution in [2.45, 2.75) is 6.92 Å². The summed E-state index contributed by atoms with van der Waals surface area (Å²) < 4.78 is 0. The number of anilines is 2. The molecule has 108 valence electrons. The molecule has 0 fully saturated rings. The third-order valence-corrected chi connectivity index (χ3v) is 2.58. The van der Waals surface area contributed by atoms with E-state index in [2.05, 4.69) is 58.9 Å². The number of halogens is 3. The molecule has 2 aromatic heterocycles. The van der Waals surface area contributed by atoms with Crippen LogP contribution >= 0.6 is 53.6 Å². The zero-order valence-electron chi connectivity index (χ0n) is 9.97. The minimum atomic E-state index is 0.0740. The van der Waals surface area contributed by atoms with E-state index in [1.54, 1.807) is 6.92 Å². The van der Waals surface area contributed by atoms with Crippen molar-refractivity contribution >= 4 is 65.5 Å². The first kappa shape index (κ1) is 17.4. The number of hydrogen-bond donors (Lipinski definition) is 2. The number of nitrogens with zero attached hydrogens (tertiary/aromatic N) is 6. The van der Waals surface area contributed by atoms with Crippen LogP contribution in [0.5, 0.6) is 0 Å². The standard InChI is InChI=1S/C4H6ClN4P.C3H3Cl2N4P/c1-2-6-3(5)8-4(7-2)9-10;4-1-6-2(5)8-3(7-1)9-10/h10H2,1H3,(H,6,7,8,9);10H2,(H,6,7,8,9). The maximum atomic E-state index is 5.52. The maximum Gasteiger partial charge on any atom is 0.231 e. The van der Waals surface area contributed by atoms with E-state index in [4.69, 9.17) is 34.8 Å². The van der Waals surface area contributed by atoms with Crippen LogP contribution in [0.1, 0.15) is 5.82 Å². The molecule has 2 aromatic rings. The van der Waals surface area contributed by atoms with Gasteiger partial charge in [0.1, 0.15) is 5.82 Å². The number of rotatable bonds is 2. The minimum absolute atomic E-state index is 0.0740. The molecule has 8 nitrogen and oxygen atoms in total. The van der Waals surface area contributed by atoms with Gasteiger partial charge in [-0.05, 0) is 60.5 Å². The molecule has 2 N–H and O–H groups in total. The fourth-order valence-electron chi connectivity index (χ4n) is 0.904. The van der Waals surface area contributed by atoms with Crippen LogP contribution in [0.4, 0.5) is 11.9 Å². The van der Waals surface area contributed by atoms with Crippen molar-refractivity contribution in [3.05, 3.63) is 21.7 Å². The Balaban J connectivity index is 0.000000200. The molecule has 0 aliphatic rings. The molecule has 0 saturated carbocycles. The zero-order chi connectivity index (χ0) is 15.1. The van der Waals surface area contributed by atoms with Crippen LogP contribution in [0.15, 0.2) is 0 Å². The summed E-state index contributed by atoms with van der Waals surface area (Å²) in [6.07, 6.45) is 0. The van der Waals surface area contributed by atoms with Crippen molar-refractivity contribution < 1.29 is 0 Å². The van der Waals surface area contributed by atoms with Gasteiger partial charge in [-0.25, -0.2) is 4.98 Å². The van der Waals surface area contributed by atoms with E-state index in [9.17, 15) is 0 Å². The molecule has 0 aliphatic carbocycles. The maximum absolute atomic E-state index is 5.52. The minimum Gasteiger partial charge on any atom is -0.339 e. The lowest BCUT2D eigenvalue weighted by Gasteiger charge is -1.97. The molecule has 2 atom stereocenters. The summed E-state index contributed by atoms with van der Waals surface area (Å²) in [5, 5.41) is 5.63. The summed E-state index contributed by atoms with van der Waals surface area (Å²) in [4.78, 5) is 22.4. The fourth-order valence-corrected chi connectivity index (χ4v) is 1.73. The van der Waals surface area contributed by atoms with E-state index in [1.807, 2.05) is 0 Å². The van der Waals surface area contributed by atoms with E-state index >= 15 is 0 Å². The Morgan fingerprint density at radius 3 is 1.50 bits per heavy atom. The third kappa shape index (κ3) is 6.20. The van der Waals surface area contributed by atoms with Crippen LogP contribution in [0.25, 0.3) is 0 Å². The van der Waals surface area contributed by atoms with Crippen molar-refractivity contribution in [1.82, 2.24) is 29.9 Å². The van der Waals surface area contributed by atoms with Gasteiger partial charge in [-0.1, -0.05) is 0 Å². The Kier molecular flexibility index (Phi) is 7.48. The summed E-state index contributed by atoms with van der Waals surface area (Å²) in [6.45, 7) is 1.75. The van der Waals surface area contributed by atoms with E-state index < -0.39 is 0 Å². The fraction of sp³-hybridized carbons (Fsp3) is 0.143. The highest BCUT2D eigenvalue weighted by atomic mass is 35.5. The highest BCUT2D eigenvalue weighted by Crippen LogP contribution is 2.10. The molecule has 13 heteroatoms. The first-order valence-electron chi connectivity index (χ1n) is 4.83. The second-order valence-electron chi connectivity index (χ2n) is 2.96. The number of aryl methyl sites for hydroxylation is 1. The summed E-state index contributed by atoms with van der Waals surface area (Å²) in [5.74, 6) is 1.39. The average molecular weight is 374 g/mol. The Hall–Kier alpha value is -0.650. The lowest BCUT2D eigenvalue weighted by molar-refractivity contribution is 0.989. The van der Waals surface area contributed by atoms with Gasteiger partial charge in [-0.3, -0.25) is 0 Å². The molecule has 0 spiro atoms. The summed E-state index contributed by atoms with van der Waals surface area (Å²) in [6, 6.07) is 0. The quantitative estimate of drug-likeness (QED) is 0.774. The Labute approximate surface area is 134 Å². The predicted octanol–water partition coefficient (Wildman–Crippen LogP) is 2.42. The predicted molar refractivity (Wildman–Crippen MR) is 86.1 cm³/mol. The lowest BCUT2D eigenvalue weighted by atomic mass is 10.7. The van der Waals surface area contributed by atoms with Gasteiger partial charge < -0.3 is 10.2 Å². The first-order chi connectivity index (χ1) is 9.44. The second-order valence-corrected chi connectivity index (χ2v) is 4.55. The topological polar surface area (TPSA) is 101 Å². The van der Waals surface area contributed by atoms with Gasteiger partial charge in [-0.15, -0.1) is 0 Å². The van der Waals surface area contributed by atoms with Crippen LogP contribution in [-0.2, 0) is 0 Å². The summed E-state index contributed by atoms with van der Waals surface area (Å²) >= 11 is 16.4. The SMILES string of the molecule is Cc1nc(Cl)nc(NP)n1.PNc1nc(Cl)nc(Cl)n1. The Morgan fingerprint density at radius 1 is 0.700 bits per heavy atom. The van der Waals surface area contributed by atoms with Crippen molar-refractivity contribution in [3.8, 4) is 0 Å². The van der Waals surface area contributed by atoms with Crippen molar-refractivity contribution in [3.63, 3.8) is 0 Å². The van der Waals surface area contributed by atoms with Gasteiger partial charge in [0, 0.05) is 0 Å². The van der Waals surface area contributed by atoms with Gasteiger partial charge in [-0.2, -0.15) is 24.9 Å². The van der Waals surface area contributed by atoms with Crippen LogP contribution in [0.3, 0.4) is 0 Å². The van der Waals surface area contributed by atoms with Gasteiger partial charge in [0.05, 0.1) is 0 Å². The van der Waals surface area contributed by atoms with Gasteiger partial charge >= 0.3 is 0 Å². The molecule has 0 aliphatic heterocycles. The van der Waals surface area contributed by atoms with Gasteiger partial charge in [0.25, 0.3) is 0 Å². The third-order valence-electron chi connectivity index (χ3n) is 1.56. The van der Waals surface area contributed by atoms with E-state index in [-0.39, 0.29) is 15.9 Å². The van der Waals surface area contributed by atoms with Gasteiger partial charge in [0.2, 0.25) is 27.7 Å². The molecule has 0 saturated heterocycles. The molecule has 2 heterocycles. The summed E-state index contributed by atoms with van der Waals surface area (Å²) in [7, 11) is 4.50. The lowest BCUT2D eigenvalue weighted by Crippen LogP contribution is -1.96. The monoisotopic (exact) mass is 372 g/mol. The molecule has 0 amide bonds. The Bertz CT molecular complexity index is 494. The Morgan fingerprint density at radius 2 is 1.10 bits per heavy atom. The molecule has 0 radical (unpaired) electrons. The van der Waals surface area contributed by atoms with Crippen molar-refractivity contribution in [2.24, 2.45) is 0 Å². The number of nitrogens with one attached hydrogen (secondary N) is 2. The molecular formula is C7H9Cl3N8P2. The van der Waals surface area contributed by atoms with E-state index in [0.717, 1.165) is 0 Å². The smallest absolute Gasteiger partial charge is 0.231 e. The highest BCUT2D eigenvalue weighted by molar-refractivity contribution is 7.18. The molecule has 2 unspecified atom stereocenters. The van der Waals surface area contributed by atoms with Crippen LogP contribution in [0, 0.1) is 6.92 Å². The van der Waals surface area contributed by atoms with E-state index in [0.29, 0.717) is 17.7 Å². The van der Waals surface area contributed by atoms with Crippen LogP contribution in [-0.4, -0.2) is 29.9 Å².